The minimum atomic E-state index is -0.906. The van der Waals surface area contributed by atoms with E-state index in [9.17, 15) is 4.79 Å². The van der Waals surface area contributed by atoms with Crippen molar-refractivity contribution in [2.24, 2.45) is 0 Å². The highest BCUT2D eigenvalue weighted by Crippen LogP contribution is 2.30. The molecule has 4 nitrogen and oxygen atoms in total. The number of aromatic carboxylic acids is 1. The summed E-state index contributed by atoms with van der Waals surface area (Å²) >= 11 is 0. The van der Waals surface area contributed by atoms with Crippen LogP contribution in [0.2, 0.25) is 0 Å². The molecule has 0 saturated heterocycles. The smallest absolute Gasteiger partial charge is 0.335 e. The maximum absolute atomic E-state index is 11.1. The first-order valence-electron chi connectivity index (χ1n) is 6.77. The van der Waals surface area contributed by atoms with Crippen molar-refractivity contribution in [3.8, 4) is 6.07 Å². The first kappa shape index (κ1) is 13.2. The number of rotatable bonds is 3. The second-order valence-corrected chi connectivity index (χ2v) is 5.13. The van der Waals surface area contributed by atoms with Crippen LogP contribution in [0.15, 0.2) is 42.5 Å². The largest absolute Gasteiger partial charge is 0.478 e. The maximum atomic E-state index is 11.1. The molecule has 1 aliphatic rings. The second kappa shape index (κ2) is 5.29. The molecule has 0 amide bonds. The summed E-state index contributed by atoms with van der Waals surface area (Å²) in [5.41, 5.74) is 4.17. The molecule has 104 valence electrons. The van der Waals surface area contributed by atoms with Crippen LogP contribution < -0.4 is 4.90 Å². The van der Waals surface area contributed by atoms with Gasteiger partial charge in [0.05, 0.1) is 17.2 Å². The molecule has 0 atom stereocenters. The van der Waals surface area contributed by atoms with Crippen LogP contribution in [0.1, 0.15) is 27.0 Å². The Kier molecular flexibility index (Phi) is 3.33. The lowest BCUT2D eigenvalue weighted by Gasteiger charge is -2.20. The van der Waals surface area contributed by atoms with E-state index in [2.05, 4.69) is 11.0 Å². The molecular weight excluding hydrogens is 264 g/mol. The fraction of sp³-hybridized carbons (Fsp3) is 0.176. The highest BCUT2D eigenvalue weighted by Gasteiger charge is 2.20. The Bertz CT molecular complexity index is 747. The predicted octanol–water partition coefficient (Wildman–Crippen LogP) is 2.82. The molecule has 0 aromatic heterocycles. The second-order valence-electron chi connectivity index (χ2n) is 5.13. The van der Waals surface area contributed by atoms with Crippen LogP contribution in [-0.2, 0) is 13.0 Å². The number of benzene rings is 2. The molecule has 1 heterocycles. The number of nitriles is 1. The van der Waals surface area contributed by atoms with Gasteiger partial charge in [0, 0.05) is 18.8 Å². The van der Waals surface area contributed by atoms with Gasteiger partial charge in [-0.3, -0.25) is 0 Å². The summed E-state index contributed by atoms with van der Waals surface area (Å²) in [5, 5.41) is 18.1. The van der Waals surface area contributed by atoms with E-state index in [0.29, 0.717) is 17.7 Å². The van der Waals surface area contributed by atoms with E-state index in [4.69, 9.17) is 10.4 Å². The number of carboxylic acids is 1. The van der Waals surface area contributed by atoms with Crippen LogP contribution in [0, 0.1) is 11.3 Å². The molecule has 2 aromatic carbocycles. The number of carbonyl (C=O) groups is 1. The third-order valence-corrected chi connectivity index (χ3v) is 3.75. The van der Waals surface area contributed by atoms with Crippen molar-refractivity contribution in [1.29, 1.82) is 5.26 Å². The Labute approximate surface area is 122 Å². The van der Waals surface area contributed by atoms with Crippen molar-refractivity contribution in [3.05, 3.63) is 64.7 Å². The monoisotopic (exact) mass is 278 g/mol. The number of carboxylic acid groups (broad SMARTS) is 1. The van der Waals surface area contributed by atoms with Crippen LogP contribution in [0.5, 0.6) is 0 Å². The first-order chi connectivity index (χ1) is 10.2. The van der Waals surface area contributed by atoms with E-state index >= 15 is 0 Å². The fourth-order valence-electron chi connectivity index (χ4n) is 2.70. The standard InChI is InChI=1S/C17H14N2O2/c18-10-12-2-1-3-13(8-12)11-19-7-6-14-4-5-15(17(20)21)9-16(14)19/h1-5,8-9H,6-7,11H2,(H,20,21). The normalized spacial score (nSPS) is 12.8. The SMILES string of the molecule is N#Cc1cccc(CN2CCc3ccc(C(=O)O)cc32)c1. The zero-order valence-electron chi connectivity index (χ0n) is 11.4. The number of hydrogen-bond donors (Lipinski definition) is 1. The van der Waals surface area contributed by atoms with Crippen molar-refractivity contribution in [1.82, 2.24) is 0 Å². The van der Waals surface area contributed by atoms with Gasteiger partial charge >= 0.3 is 5.97 Å². The highest BCUT2D eigenvalue weighted by atomic mass is 16.4. The lowest BCUT2D eigenvalue weighted by Crippen LogP contribution is -2.19. The molecule has 1 N–H and O–H groups in total. The van der Waals surface area contributed by atoms with Crippen LogP contribution in [0.25, 0.3) is 0 Å². The van der Waals surface area contributed by atoms with Gasteiger partial charge in [0.2, 0.25) is 0 Å². The summed E-state index contributed by atoms with van der Waals surface area (Å²) in [7, 11) is 0. The van der Waals surface area contributed by atoms with Crippen molar-refractivity contribution in [3.63, 3.8) is 0 Å². The third-order valence-electron chi connectivity index (χ3n) is 3.75. The molecule has 0 radical (unpaired) electrons. The van der Waals surface area contributed by atoms with Crippen LogP contribution in [-0.4, -0.2) is 17.6 Å². The number of hydrogen-bond acceptors (Lipinski definition) is 3. The summed E-state index contributed by atoms with van der Waals surface area (Å²) in [6.45, 7) is 1.56. The topological polar surface area (TPSA) is 64.3 Å². The molecule has 0 unspecified atom stereocenters. The van der Waals surface area contributed by atoms with Crippen LogP contribution in [0.4, 0.5) is 5.69 Å². The summed E-state index contributed by atoms with van der Waals surface area (Å²) in [4.78, 5) is 13.3. The minimum Gasteiger partial charge on any atom is -0.478 e. The van der Waals surface area contributed by atoms with Gasteiger partial charge in [-0.1, -0.05) is 18.2 Å². The Morgan fingerprint density at radius 2 is 2.14 bits per heavy atom. The molecular formula is C17H14N2O2. The average Bonchev–Trinajstić information content (AvgIpc) is 2.90. The van der Waals surface area contributed by atoms with E-state index in [1.165, 1.54) is 5.56 Å². The number of fused-ring (bicyclic) bond motifs is 1. The first-order valence-corrected chi connectivity index (χ1v) is 6.77. The van der Waals surface area contributed by atoms with Crippen molar-refractivity contribution >= 4 is 11.7 Å². The predicted molar refractivity (Wildman–Crippen MR) is 79.3 cm³/mol. The van der Waals surface area contributed by atoms with Gasteiger partial charge in [-0.15, -0.1) is 0 Å². The molecule has 0 fully saturated rings. The fourth-order valence-corrected chi connectivity index (χ4v) is 2.70. The zero-order valence-corrected chi connectivity index (χ0v) is 11.4. The lowest BCUT2D eigenvalue weighted by atomic mass is 10.1. The van der Waals surface area contributed by atoms with Gasteiger partial charge in [0.1, 0.15) is 0 Å². The van der Waals surface area contributed by atoms with Crippen molar-refractivity contribution < 1.29 is 9.90 Å². The van der Waals surface area contributed by atoms with Crippen molar-refractivity contribution in [2.45, 2.75) is 13.0 Å². The molecule has 4 heteroatoms. The number of anilines is 1. The number of nitrogens with zero attached hydrogens (tertiary/aromatic N) is 2. The molecule has 21 heavy (non-hydrogen) atoms. The van der Waals surface area contributed by atoms with Crippen LogP contribution >= 0.6 is 0 Å². The maximum Gasteiger partial charge on any atom is 0.335 e. The van der Waals surface area contributed by atoms with Crippen LogP contribution in [0.3, 0.4) is 0 Å². The third kappa shape index (κ3) is 2.59. The molecule has 1 aliphatic heterocycles. The summed E-state index contributed by atoms with van der Waals surface area (Å²) in [6.07, 6.45) is 0.924. The summed E-state index contributed by atoms with van der Waals surface area (Å²) < 4.78 is 0. The lowest BCUT2D eigenvalue weighted by molar-refractivity contribution is 0.0697. The van der Waals surface area contributed by atoms with Gasteiger partial charge in [0.25, 0.3) is 0 Å². The van der Waals surface area contributed by atoms with E-state index in [1.807, 2.05) is 24.3 Å². The Balaban J connectivity index is 1.88. The van der Waals surface area contributed by atoms with Gasteiger partial charge in [0.15, 0.2) is 0 Å². The molecule has 2 aromatic rings. The Hall–Kier alpha value is -2.80. The van der Waals surface area contributed by atoms with Crippen molar-refractivity contribution in [2.75, 3.05) is 11.4 Å². The van der Waals surface area contributed by atoms with Gasteiger partial charge in [-0.25, -0.2) is 4.79 Å². The Morgan fingerprint density at radius 1 is 1.29 bits per heavy atom. The molecule has 0 bridgehead atoms. The summed E-state index contributed by atoms with van der Waals surface area (Å²) in [5.74, 6) is -0.906. The molecule has 0 aliphatic carbocycles. The zero-order chi connectivity index (χ0) is 14.8. The minimum absolute atomic E-state index is 0.312. The van der Waals surface area contributed by atoms with Gasteiger partial charge in [-0.2, -0.15) is 5.26 Å². The van der Waals surface area contributed by atoms with E-state index in [1.54, 1.807) is 18.2 Å². The van der Waals surface area contributed by atoms with E-state index < -0.39 is 5.97 Å². The molecule has 0 spiro atoms. The molecule has 3 rings (SSSR count). The molecule has 0 saturated carbocycles. The van der Waals surface area contributed by atoms with Gasteiger partial charge < -0.3 is 10.0 Å². The highest BCUT2D eigenvalue weighted by molar-refractivity contribution is 5.89. The van der Waals surface area contributed by atoms with E-state index in [-0.39, 0.29) is 0 Å². The summed E-state index contributed by atoms with van der Waals surface area (Å²) in [6, 6.07) is 14.9. The quantitative estimate of drug-likeness (QED) is 0.937. The Morgan fingerprint density at radius 3 is 2.90 bits per heavy atom. The van der Waals surface area contributed by atoms with Gasteiger partial charge in [-0.05, 0) is 41.8 Å². The van der Waals surface area contributed by atoms with E-state index in [0.717, 1.165) is 24.2 Å². The average molecular weight is 278 g/mol.